The molecule has 0 aliphatic rings. The van der Waals surface area contributed by atoms with E-state index in [0.717, 1.165) is 27.6 Å². The molecule has 5 heteroatoms. The molecule has 1 N–H and O–H groups in total. The zero-order valence-corrected chi connectivity index (χ0v) is 15.7. The zero-order chi connectivity index (χ0) is 19.2. The lowest BCUT2D eigenvalue weighted by atomic mass is 10.0. The smallest absolute Gasteiger partial charge is 0.273 e. The molecule has 0 aliphatic heterocycles. The van der Waals surface area contributed by atoms with Crippen LogP contribution in [-0.4, -0.2) is 25.8 Å². The number of aryl methyl sites for hydroxylation is 1. The number of hydrogen-bond donors (Lipinski definition) is 1. The van der Waals surface area contributed by atoms with Gasteiger partial charge in [-0.05, 0) is 23.4 Å². The van der Waals surface area contributed by atoms with Crippen molar-refractivity contribution in [2.45, 2.75) is 13.5 Å². The Hall–Kier alpha value is -3.34. The molecule has 3 rings (SSSR count). The average Bonchev–Trinajstić information content (AvgIpc) is 2.71. The van der Waals surface area contributed by atoms with E-state index in [-0.39, 0.29) is 11.6 Å². The monoisotopic (exact) mass is 362 g/mol. The number of carbonyl (C=O) groups excluding carboxylic acids is 1. The van der Waals surface area contributed by atoms with Gasteiger partial charge < -0.3 is 14.9 Å². The van der Waals surface area contributed by atoms with E-state index in [1.54, 1.807) is 7.05 Å². The second kappa shape index (κ2) is 8.36. The number of likely N-dealkylation sites (N-methyl/N-ethyl adjacent to an activating group) is 1. The third kappa shape index (κ3) is 3.92. The van der Waals surface area contributed by atoms with E-state index in [4.69, 9.17) is 9.57 Å². The van der Waals surface area contributed by atoms with Gasteiger partial charge in [0.25, 0.3) is 5.91 Å². The average molecular weight is 362 g/mol. The normalized spacial score (nSPS) is 11.3. The number of nitrogens with one attached hydrogen (secondary N) is 1. The molecule has 27 heavy (non-hydrogen) atoms. The first kappa shape index (κ1) is 18.5. The van der Waals surface area contributed by atoms with Crippen molar-refractivity contribution in [3.8, 4) is 5.75 Å². The van der Waals surface area contributed by atoms with Crippen LogP contribution in [0, 0.1) is 6.92 Å². The molecule has 0 atom stereocenters. The summed E-state index contributed by atoms with van der Waals surface area (Å²) < 4.78 is 6.19. The lowest BCUT2D eigenvalue weighted by Gasteiger charge is -2.15. The summed E-state index contributed by atoms with van der Waals surface area (Å²) in [7, 11) is 2.98. The van der Waals surface area contributed by atoms with Crippen LogP contribution >= 0.6 is 0 Å². The Morgan fingerprint density at radius 3 is 2.56 bits per heavy atom. The Morgan fingerprint density at radius 2 is 1.78 bits per heavy atom. The molecule has 0 saturated heterocycles. The van der Waals surface area contributed by atoms with E-state index in [2.05, 4.69) is 22.6 Å². The van der Waals surface area contributed by atoms with Crippen LogP contribution in [0.2, 0.25) is 0 Å². The van der Waals surface area contributed by atoms with Crippen LogP contribution in [-0.2, 0) is 16.2 Å². The van der Waals surface area contributed by atoms with E-state index >= 15 is 0 Å². The predicted molar refractivity (Wildman–Crippen MR) is 107 cm³/mol. The van der Waals surface area contributed by atoms with Crippen molar-refractivity contribution >= 4 is 22.4 Å². The minimum Gasteiger partial charge on any atom is -0.488 e. The van der Waals surface area contributed by atoms with Crippen LogP contribution in [0.4, 0.5) is 0 Å². The minimum absolute atomic E-state index is 0.217. The number of fused-ring (bicyclic) bond motifs is 1. The van der Waals surface area contributed by atoms with Crippen molar-refractivity contribution < 1.29 is 14.4 Å². The molecule has 0 saturated carbocycles. The summed E-state index contributed by atoms with van der Waals surface area (Å²) in [5.74, 6) is 0.527. The summed E-state index contributed by atoms with van der Waals surface area (Å²) in [5, 5.41) is 8.68. The maximum absolute atomic E-state index is 12.2. The van der Waals surface area contributed by atoms with Gasteiger partial charge in [0, 0.05) is 18.0 Å². The Balaban J connectivity index is 1.96. The largest absolute Gasteiger partial charge is 0.488 e. The molecule has 3 aromatic carbocycles. The van der Waals surface area contributed by atoms with Gasteiger partial charge in [0.15, 0.2) is 5.71 Å². The van der Waals surface area contributed by atoms with E-state index in [9.17, 15) is 4.79 Å². The number of benzene rings is 3. The van der Waals surface area contributed by atoms with Gasteiger partial charge in [-0.15, -0.1) is 0 Å². The summed E-state index contributed by atoms with van der Waals surface area (Å²) in [6.07, 6.45) is 0. The molecule has 0 aliphatic carbocycles. The molecule has 5 nitrogen and oxygen atoms in total. The standard InChI is InChI=1S/C22H22N2O3/c1-15-12-13-16-8-4-7-11-19(16)21(15)27-14-17-9-5-6-10-18(17)20(24-26-3)22(25)23-2/h4-13H,14H2,1-3H3,(H,23,25)/b24-20-. The fourth-order valence-corrected chi connectivity index (χ4v) is 2.99. The lowest BCUT2D eigenvalue weighted by molar-refractivity contribution is -0.114. The van der Waals surface area contributed by atoms with Crippen LogP contribution in [0.5, 0.6) is 5.75 Å². The third-order valence-electron chi connectivity index (χ3n) is 4.35. The highest BCUT2D eigenvalue weighted by Crippen LogP contribution is 2.30. The molecule has 3 aromatic rings. The van der Waals surface area contributed by atoms with Crippen LogP contribution in [0.1, 0.15) is 16.7 Å². The molecule has 0 bridgehead atoms. The fourth-order valence-electron chi connectivity index (χ4n) is 2.99. The number of ether oxygens (including phenoxy) is 1. The van der Waals surface area contributed by atoms with Gasteiger partial charge in [-0.1, -0.05) is 65.8 Å². The SMILES string of the molecule is CNC(=O)/C(=N\OC)c1ccccc1COc1c(C)ccc2ccccc12. The van der Waals surface area contributed by atoms with Crippen molar-refractivity contribution in [3.05, 3.63) is 77.4 Å². The second-order valence-corrected chi connectivity index (χ2v) is 6.08. The minimum atomic E-state index is -0.314. The van der Waals surface area contributed by atoms with Gasteiger partial charge in [0.1, 0.15) is 19.5 Å². The molecule has 0 radical (unpaired) electrons. The van der Waals surface area contributed by atoms with Crippen molar-refractivity contribution in [1.82, 2.24) is 5.32 Å². The topological polar surface area (TPSA) is 59.9 Å². The molecule has 138 valence electrons. The lowest BCUT2D eigenvalue weighted by Crippen LogP contribution is -2.29. The Kier molecular flexibility index (Phi) is 5.71. The van der Waals surface area contributed by atoms with Gasteiger partial charge in [0.05, 0.1) is 0 Å². The quantitative estimate of drug-likeness (QED) is 0.536. The van der Waals surface area contributed by atoms with Gasteiger partial charge in [0.2, 0.25) is 0 Å². The number of amides is 1. The van der Waals surface area contributed by atoms with Crippen molar-refractivity contribution in [3.63, 3.8) is 0 Å². The molecule has 1 amide bonds. The summed E-state index contributed by atoms with van der Waals surface area (Å²) in [6, 6.07) is 19.8. The van der Waals surface area contributed by atoms with Crippen molar-refractivity contribution in [2.24, 2.45) is 5.16 Å². The fraction of sp³-hybridized carbons (Fsp3) is 0.182. The first-order valence-corrected chi connectivity index (χ1v) is 8.68. The van der Waals surface area contributed by atoms with Crippen molar-refractivity contribution in [1.29, 1.82) is 0 Å². The molecule has 0 unspecified atom stereocenters. The van der Waals surface area contributed by atoms with Crippen LogP contribution in [0.25, 0.3) is 10.8 Å². The van der Waals surface area contributed by atoms with Crippen LogP contribution < -0.4 is 10.1 Å². The molecule has 0 heterocycles. The molecular weight excluding hydrogens is 340 g/mol. The van der Waals surface area contributed by atoms with Crippen LogP contribution in [0.3, 0.4) is 0 Å². The number of oxime groups is 1. The van der Waals surface area contributed by atoms with Gasteiger partial charge in [-0.3, -0.25) is 4.79 Å². The molecule has 0 spiro atoms. The number of rotatable bonds is 6. The van der Waals surface area contributed by atoms with Crippen LogP contribution in [0.15, 0.2) is 65.8 Å². The zero-order valence-electron chi connectivity index (χ0n) is 15.7. The van der Waals surface area contributed by atoms with Crippen molar-refractivity contribution in [2.75, 3.05) is 14.2 Å². The predicted octanol–water partition coefficient (Wildman–Crippen LogP) is 3.82. The first-order chi connectivity index (χ1) is 13.2. The third-order valence-corrected chi connectivity index (χ3v) is 4.35. The molecule has 0 fully saturated rings. The Morgan fingerprint density at radius 1 is 1.04 bits per heavy atom. The molecular formula is C22H22N2O3. The number of nitrogens with zero attached hydrogens (tertiary/aromatic N) is 1. The number of carbonyl (C=O) groups is 1. The highest BCUT2D eigenvalue weighted by atomic mass is 16.6. The highest BCUT2D eigenvalue weighted by molar-refractivity contribution is 6.45. The van der Waals surface area contributed by atoms with Gasteiger partial charge in [-0.25, -0.2) is 0 Å². The van der Waals surface area contributed by atoms with E-state index < -0.39 is 0 Å². The Bertz CT molecular complexity index is 996. The maximum atomic E-state index is 12.2. The Labute approximate surface area is 158 Å². The van der Waals surface area contributed by atoms with E-state index in [1.165, 1.54) is 7.11 Å². The van der Waals surface area contributed by atoms with Gasteiger partial charge >= 0.3 is 0 Å². The second-order valence-electron chi connectivity index (χ2n) is 6.08. The first-order valence-electron chi connectivity index (χ1n) is 8.68. The maximum Gasteiger partial charge on any atom is 0.273 e. The summed E-state index contributed by atoms with van der Waals surface area (Å²) in [5.41, 5.74) is 2.80. The van der Waals surface area contributed by atoms with Gasteiger partial charge in [-0.2, -0.15) is 0 Å². The summed E-state index contributed by atoms with van der Waals surface area (Å²) in [4.78, 5) is 17.1. The van der Waals surface area contributed by atoms with E-state index in [1.807, 2.05) is 55.5 Å². The number of hydrogen-bond acceptors (Lipinski definition) is 4. The molecule has 0 aromatic heterocycles. The summed E-state index contributed by atoms with van der Waals surface area (Å²) >= 11 is 0. The summed E-state index contributed by atoms with van der Waals surface area (Å²) in [6.45, 7) is 2.33. The van der Waals surface area contributed by atoms with E-state index in [0.29, 0.717) is 12.2 Å². The highest BCUT2D eigenvalue weighted by Gasteiger charge is 2.18.